The minimum atomic E-state index is -0.875. The summed E-state index contributed by atoms with van der Waals surface area (Å²) in [6.45, 7) is 8.25. The number of hydrogen-bond acceptors (Lipinski definition) is 7. The summed E-state index contributed by atoms with van der Waals surface area (Å²) in [6, 6.07) is 8.11. The average Bonchev–Trinajstić information content (AvgIpc) is 3.70. The normalized spacial score (nSPS) is 17.1. The number of nitrogens with two attached hydrogens (primary N) is 1. The van der Waals surface area contributed by atoms with Crippen molar-refractivity contribution in [3.05, 3.63) is 24.3 Å². The molecule has 196 valence electrons. The number of likely N-dealkylation sites (tertiary alicyclic amines) is 1. The number of benzene rings is 1. The quantitative estimate of drug-likeness (QED) is 0.222. The maximum absolute atomic E-state index is 11.2. The zero-order valence-corrected chi connectivity index (χ0v) is 21.5. The number of primary amides is 1. The van der Waals surface area contributed by atoms with Crippen LogP contribution in [0.5, 0.6) is 5.75 Å². The summed E-state index contributed by atoms with van der Waals surface area (Å²) in [4.78, 5) is 37.3. The summed E-state index contributed by atoms with van der Waals surface area (Å²) in [5, 5.41) is 3.14. The predicted molar refractivity (Wildman–Crippen MR) is 140 cm³/mol. The molecule has 1 aromatic carbocycles. The Morgan fingerprint density at radius 2 is 1.89 bits per heavy atom. The molecule has 8 nitrogen and oxygen atoms in total. The highest BCUT2D eigenvalue weighted by atomic mass is 16.5. The molecule has 1 aliphatic heterocycles. The molecule has 1 amide bonds. The van der Waals surface area contributed by atoms with Gasteiger partial charge >= 0.3 is 0 Å². The first-order valence-corrected chi connectivity index (χ1v) is 13.0. The van der Waals surface area contributed by atoms with Gasteiger partial charge in [-0.05, 0) is 82.4 Å². The Morgan fingerprint density at radius 1 is 1.20 bits per heavy atom. The van der Waals surface area contributed by atoms with Crippen molar-refractivity contribution in [2.45, 2.75) is 51.9 Å². The highest BCUT2D eigenvalue weighted by molar-refractivity contribution is 5.95. The molecule has 0 radical (unpaired) electrons. The number of likely N-dealkylation sites (N-methyl/N-ethyl adjacent to an activating group) is 1. The van der Waals surface area contributed by atoms with Crippen LogP contribution in [0.25, 0.3) is 0 Å². The summed E-state index contributed by atoms with van der Waals surface area (Å²) < 4.78 is 5.66. The molecule has 1 aliphatic carbocycles. The lowest BCUT2D eigenvalue weighted by Crippen LogP contribution is -2.48. The van der Waals surface area contributed by atoms with E-state index in [1.165, 1.54) is 12.8 Å². The number of rotatable bonds is 15. The maximum atomic E-state index is 11.2. The summed E-state index contributed by atoms with van der Waals surface area (Å²) >= 11 is 0. The molecule has 1 saturated heterocycles. The molecule has 2 aliphatic rings. The predicted octanol–water partition coefficient (Wildman–Crippen LogP) is 2.64. The van der Waals surface area contributed by atoms with Crippen LogP contribution in [0.15, 0.2) is 24.3 Å². The van der Waals surface area contributed by atoms with Gasteiger partial charge in [-0.3, -0.25) is 4.79 Å². The first-order valence-electron chi connectivity index (χ1n) is 13.0. The lowest BCUT2D eigenvalue weighted by molar-refractivity contribution is -0.137. The van der Waals surface area contributed by atoms with Gasteiger partial charge < -0.3 is 35.2 Å². The molecule has 3 N–H and O–H groups in total. The van der Waals surface area contributed by atoms with Gasteiger partial charge in [0.25, 0.3) is 0 Å². The number of anilines is 1. The van der Waals surface area contributed by atoms with Crippen molar-refractivity contribution in [1.29, 1.82) is 0 Å². The van der Waals surface area contributed by atoms with E-state index in [2.05, 4.69) is 34.2 Å². The van der Waals surface area contributed by atoms with Crippen LogP contribution < -0.4 is 20.7 Å². The van der Waals surface area contributed by atoms with Gasteiger partial charge in [0.1, 0.15) is 23.7 Å². The Morgan fingerprint density at radius 3 is 2.40 bits per heavy atom. The highest BCUT2D eigenvalue weighted by Crippen LogP contribution is 2.34. The molecule has 1 heterocycles. The van der Waals surface area contributed by atoms with Crippen molar-refractivity contribution in [1.82, 2.24) is 10.2 Å². The Kier molecular flexibility index (Phi) is 12.8. The standard InChI is InChI=1S/C16H26N2O2.C11H18N2O2/c1-3-4-14-20-16-8-6-15(7-9-16)18(11-5-13-19)12-10-17-2;12-10(15)11(8-14)3-5-13(6-4-11)7-9-1-2-9/h6-9,13,17H,3-5,10-12,14H2,1-2H3;8-9H,1-7H2,(H2,12,15). The van der Waals surface area contributed by atoms with Crippen LogP contribution in [0.4, 0.5) is 5.69 Å². The third-order valence-electron chi connectivity index (χ3n) is 6.80. The Bertz CT molecular complexity index is 759. The second kappa shape index (κ2) is 15.5. The van der Waals surface area contributed by atoms with Crippen molar-refractivity contribution < 1.29 is 19.1 Å². The Labute approximate surface area is 210 Å². The zero-order valence-electron chi connectivity index (χ0n) is 21.5. The fourth-order valence-corrected chi connectivity index (χ4v) is 4.14. The van der Waals surface area contributed by atoms with Crippen LogP contribution in [0.3, 0.4) is 0 Å². The Hall–Kier alpha value is -2.45. The van der Waals surface area contributed by atoms with Crippen molar-refractivity contribution in [3.63, 3.8) is 0 Å². The van der Waals surface area contributed by atoms with Crippen LogP contribution in [-0.4, -0.2) is 76.3 Å². The van der Waals surface area contributed by atoms with Gasteiger partial charge in [-0.2, -0.15) is 0 Å². The van der Waals surface area contributed by atoms with Gasteiger partial charge in [0.2, 0.25) is 5.91 Å². The minimum absolute atomic E-state index is 0.455. The van der Waals surface area contributed by atoms with Crippen molar-refractivity contribution >= 4 is 24.2 Å². The van der Waals surface area contributed by atoms with Crippen molar-refractivity contribution in [2.75, 3.05) is 57.8 Å². The molecule has 35 heavy (non-hydrogen) atoms. The number of carbonyl (C=O) groups excluding carboxylic acids is 3. The molecule has 0 unspecified atom stereocenters. The van der Waals surface area contributed by atoms with Crippen LogP contribution in [0.1, 0.15) is 51.9 Å². The molecule has 3 rings (SSSR count). The number of aldehydes is 2. The zero-order chi connectivity index (χ0) is 25.5. The average molecular weight is 489 g/mol. The molecule has 0 bridgehead atoms. The van der Waals surface area contributed by atoms with Crippen LogP contribution >= 0.6 is 0 Å². The third kappa shape index (κ3) is 9.98. The first-order chi connectivity index (χ1) is 17.0. The summed E-state index contributed by atoms with van der Waals surface area (Å²) in [5.41, 5.74) is 5.54. The number of carbonyl (C=O) groups is 3. The number of hydrogen-bond donors (Lipinski definition) is 2. The second-order valence-electron chi connectivity index (χ2n) is 9.62. The van der Waals surface area contributed by atoms with Gasteiger partial charge in [0.05, 0.1) is 6.61 Å². The van der Waals surface area contributed by atoms with Crippen molar-refractivity contribution in [3.8, 4) is 5.75 Å². The van der Waals surface area contributed by atoms with E-state index in [9.17, 15) is 14.4 Å². The number of ether oxygens (including phenoxy) is 1. The fourth-order valence-electron chi connectivity index (χ4n) is 4.14. The van der Waals surface area contributed by atoms with E-state index < -0.39 is 11.3 Å². The van der Waals surface area contributed by atoms with E-state index in [0.29, 0.717) is 19.3 Å². The molecular formula is C27H44N4O4. The highest BCUT2D eigenvalue weighted by Gasteiger charge is 2.40. The maximum Gasteiger partial charge on any atom is 0.230 e. The topological polar surface area (TPSA) is 105 Å². The minimum Gasteiger partial charge on any atom is -0.494 e. The largest absolute Gasteiger partial charge is 0.494 e. The Balaban J connectivity index is 0.000000256. The monoisotopic (exact) mass is 488 g/mol. The van der Waals surface area contributed by atoms with E-state index in [-0.39, 0.29) is 0 Å². The van der Waals surface area contributed by atoms with Crippen LogP contribution in [-0.2, 0) is 14.4 Å². The van der Waals surface area contributed by atoms with E-state index >= 15 is 0 Å². The summed E-state index contributed by atoms with van der Waals surface area (Å²) in [5.74, 6) is 1.32. The summed E-state index contributed by atoms with van der Waals surface area (Å²) in [7, 11) is 1.93. The third-order valence-corrected chi connectivity index (χ3v) is 6.80. The van der Waals surface area contributed by atoms with E-state index in [0.717, 1.165) is 88.6 Å². The summed E-state index contributed by atoms with van der Waals surface area (Å²) in [6.07, 6.45) is 8.36. The number of unbranched alkanes of at least 4 members (excludes halogenated alkanes) is 1. The number of amides is 1. The molecule has 2 fully saturated rings. The number of nitrogens with one attached hydrogen (secondary N) is 1. The first kappa shape index (κ1) is 28.8. The lowest BCUT2D eigenvalue weighted by atomic mass is 9.79. The lowest BCUT2D eigenvalue weighted by Gasteiger charge is -2.36. The molecule has 1 aromatic rings. The van der Waals surface area contributed by atoms with E-state index in [1.54, 1.807) is 0 Å². The van der Waals surface area contributed by atoms with E-state index in [1.807, 2.05) is 19.2 Å². The van der Waals surface area contributed by atoms with Crippen LogP contribution in [0, 0.1) is 11.3 Å². The molecule has 0 atom stereocenters. The van der Waals surface area contributed by atoms with Gasteiger partial charge in [0, 0.05) is 38.3 Å². The van der Waals surface area contributed by atoms with Crippen molar-refractivity contribution in [2.24, 2.45) is 17.1 Å². The molecule has 0 spiro atoms. The number of nitrogens with zero attached hydrogens (tertiary/aromatic N) is 2. The molecule has 8 heteroatoms. The molecule has 0 aromatic heterocycles. The van der Waals surface area contributed by atoms with Gasteiger partial charge in [-0.1, -0.05) is 13.3 Å². The molecule has 1 saturated carbocycles. The molecular weight excluding hydrogens is 444 g/mol. The van der Waals surface area contributed by atoms with Gasteiger partial charge in [0.15, 0.2) is 0 Å². The van der Waals surface area contributed by atoms with Crippen LogP contribution in [0.2, 0.25) is 0 Å². The van der Waals surface area contributed by atoms with Gasteiger partial charge in [-0.25, -0.2) is 0 Å². The second-order valence-corrected chi connectivity index (χ2v) is 9.62. The SMILES string of the molecule is CCCCOc1ccc(N(CCC=O)CCNC)cc1.NC(=O)C1(C=O)CCN(CC2CC2)CC1. The fraction of sp³-hybridized carbons (Fsp3) is 0.667. The van der Waals surface area contributed by atoms with Gasteiger partial charge in [-0.15, -0.1) is 0 Å². The van der Waals surface area contributed by atoms with E-state index in [4.69, 9.17) is 10.5 Å². The number of piperidine rings is 1. The smallest absolute Gasteiger partial charge is 0.230 e.